The van der Waals surface area contributed by atoms with Crippen LogP contribution in [-0.4, -0.2) is 16.7 Å². The molecule has 0 aliphatic rings. The highest BCUT2D eigenvalue weighted by molar-refractivity contribution is 9.10. The molecule has 4 nitrogen and oxygen atoms in total. The number of hydrogen-bond donors (Lipinski definition) is 1. The maximum Gasteiger partial charge on any atom is 0.221 e. The number of nitrogens with one attached hydrogen (secondary N) is 1. The van der Waals surface area contributed by atoms with Gasteiger partial charge in [-0.15, -0.1) is 0 Å². The molecule has 0 spiro atoms. The monoisotopic (exact) mass is 318 g/mol. The van der Waals surface area contributed by atoms with Crippen LogP contribution in [0, 0.1) is 0 Å². The third kappa shape index (κ3) is 3.26. The quantitative estimate of drug-likeness (QED) is 0.885. The highest BCUT2D eigenvalue weighted by Crippen LogP contribution is 2.23. The number of amides is 1. The van der Waals surface area contributed by atoms with Crippen molar-refractivity contribution in [3.63, 3.8) is 0 Å². The van der Waals surface area contributed by atoms with E-state index in [1.54, 1.807) is 36.5 Å². The Labute approximate surface area is 119 Å². The first-order chi connectivity index (χ1) is 9.08. The number of carbonyl (C=O) groups is 2. The number of nitrogens with zero attached hydrogens (tertiary/aromatic N) is 1. The molecule has 0 atom stereocenters. The van der Waals surface area contributed by atoms with Gasteiger partial charge in [-0.05, 0) is 30.3 Å². The number of aromatic nitrogens is 1. The molecule has 1 heterocycles. The summed E-state index contributed by atoms with van der Waals surface area (Å²) in [6.45, 7) is 1.40. The molecule has 0 aliphatic heterocycles. The Balaban J connectivity index is 2.45. The lowest BCUT2D eigenvalue weighted by Crippen LogP contribution is -2.11. The van der Waals surface area contributed by atoms with Gasteiger partial charge in [0.15, 0.2) is 5.78 Å². The second-order valence-electron chi connectivity index (χ2n) is 3.94. The molecule has 0 fully saturated rings. The molecule has 0 radical (unpaired) electrons. The van der Waals surface area contributed by atoms with Crippen molar-refractivity contribution in [2.75, 3.05) is 5.32 Å². The maximum absolute atomic E-state index is 12.4. The molecule has 1 N–H and O–H groups in total. The molecular weight excluding hydrogens is 308 g/mol. The van der Waals surface area contributed by atoms with Crippen molar-refractivity contribution in [3.05, 3.63) is 58.3 Å². The van der Waals surface area contributed by atoms with Crippen LogP contribution in [0.25, 0.3) is 0 Å². The first-order valence-corrected chi connectivity index (χ1v) is 6.39. The smallest absolute Gasteiger partial charge is 0.221 e. The minimum absolute atomic E-state index is 0.182. The lowest BCUT2D eigenvalue weighted by Gasteiger charge is -2.09. The molecule has 1 aromatic carbocycles. The third-order valence-corrected chi connectivity index (χ3v) is 2.95. The van der Waals surface area contributed by atoms with Gasteiger partial charge in [0.05, 0.1) is 5.69 Å². The van der Waals surface area contributed by atoms with Crippen LogP contribution in [0.15, 0.2) is 47.2 Å². The number of hydrogen-bond acceptors (Lipinski definition) is 3. The van der Waals surface area contributed by atoms with E-state index in [1.165, 1.54) is 13.1 Å². The summed E-state index contributed by atoms with van der Waals surface area (Å²) >= 11 is 3.32. The van der Waals surface area contributed by atoms with Gasteiger partial charge in [0, 0.05) is 34.9 Å². The summed E-state index contributed by atoms with van der Waals surface area (Å²) in [4.78, 5) is 27.5. The van der Waals surface area contributed by atoms with Crippen molar-refractivity contribution in [3.8, 4) is 0 Å². The SMILES string of the molecule is CC(=O)Nc1ccc(Br)cc1C(=O)c1cccnc1. The van der Waals surface area contributed by atoms with E-state index in [9.17, 15) is 9.59 Å². The van der Waals surface area contributed by atoms with E-state index in [2.05, 4.69) is 26.2 Å². The van der Waals surface area contributed by atoms with E-state index < -0.39 is 0 Å². The number of benzene rings is 1. The van der Waals surface area contributed by atoms with Gasteiger partial charge in [0.25, 0.3) is 0 Å². The van der Waals surface area contributed by atoms with Crippen molar-refractivity contribution < 1.29 is 9.59 Å². The molecule has 1 amide bonds. The summed E-state index contributed by atoms with van der Waals surface area (Å²) in [5.74, 6) is -0.402. The Bertz CT molecular complexity index is 627. The summed E-state index contributed by atoms with van der Waals surface area (Å²) in [5, 5.41) is 2.65. The molecule has 0 saturated carbocycles. The van der Waals surface area contributed by atoms with Crippen LogP contribution < -0.4 is 5.32 Å². The largest absolute Gasteiger partial charge is 0.326 e. The van der Waals surface area contributed by atoms with Crippen LogP contribution in [0.3, 0.4) is 0 Å². The molecule has 0 bridgehead atoms. The van der Waals surface area contributed by atoms with Crippen LogP contribution in [0.1, 0.15) is 22.8 Å². The van der Waals surface area contributed by atoms with Gasteiger partial charge >= 0.3 is 0 Å². The molecule has 0 aliphatic carbocycles. The van der Waals surface area contributed by atoms with Crippen LogP contribution in [0.5, 0.6) is 0 Å². The fraction of sp³-hybridized carbons (Fsp3) is 0.0714. The summed E-state index contributed by atoms with van der Waals surface area (Å²) in [5.41, 5.74) is 1.40. The Morgan fingerprint density at radius 3 is 2.68 bits per heavy atom. The van der Waals surface area contributed by atoms with Gasteiger partial charge < -0.3 is 5.32 Å². The van der Waals surface area contributed by atoms with E-state index in [0.717, 1.165) is 4.47 Å². The van der Waals surface area contributed by atoms with Crippen molar-refractivity contribution >= 4 is 33.3 Å². The van der Waals surface area contributed by atoms with Gasteiger partial charge in [-0.1, -0.05) is 15.9 Å². The summed E-state index contributed by atoms with van der Waals surface area (Å²) in [7, 11) is 0. The van der Waals surface area contributed by atoms with E-state index in [0.29, 0.717) is 16.8 Å². The fourth-order valence-corrected chi connectivity index (χ4v) is 2.02. The molecule has 5 heteroatoms. The third-order valence-electron chi connectivity index (χ3n) is 2.46. The predicted molar refractivity (Wildman–Crippen MR) is 76.1 cm³/mol. The number of pyridine rings is 1. The molecule has 0 saturated heterocycles. The number of ketones is 1. The van der Waals surface area contributed by atoms with Gasteiger partial charge in [-0.3, -0.25) is 14.6 Å². The van der Waals surface area contributed by atoms with Crippen LogP contribution in [0.2, 0.25) is 0 Å². The zero-order valence-corrected chi connectivity index (χ0v) is 11.8. The van der Waals surface area contributed by atoms with E-state index >= 15 is 0 Å². The first kappa shape index (κ1) is 13.4. The molecule has 19 heavy (non-hydrogen) atoms. The van der Waals surface area contributed by atoms with Crippen molar-refractivity contribution in [2.24, 2.45) is 0 Å². The number of rotatable bonds is 3. The minimum atomic E-state index is -0.220. The highest BCUT2D eigenvalue weighted by Gasteiger charge is 2.15. The summed E-state index contributed by atoms with van der Waals surface area (Å²) in [6, 6.07) is 8.53. The van der Waals surface area contributed by atoms with Gasteiger partial charge in [0.2, 0.25) is 5.91 Å². The molecule has 2 rings (SSSR count). The first-order valence-electron chi connectivity index (χ1n) is 5.60. The molecule has 96 valence electrons. The zero-order chi connectivity index (χ0) is 13.8. The number of anilines is 1. The van der Waals surface area contributed by atoms with Crippen LogP contribution in [0.4, 0.5) is 5.69 Å². The molecule has 1 aromatic heterocycles. The zero-order valence-electron chi connectivity index (χ0n) is 10.2. The fourth-order valence-electron chi connectivity index (χ4n) is 1.66. The van der Waals surface area contributed by atoms with Gasteiger partial charge in [0.1, 0.15) is 0 Å². The van der Waals surface area contributed by atoms with E-state index in [1.807, 2.05) is 0 Å². The van der Waals surface area contributed by atoms with Gasteiger partial charge in [-0.25, -0.2) is 0 Å². The standard InChI is InChI=1S/C14H11BrN2O2/c1-9(18)17-13-5-4-11(15)7-12(13)14(19)10-3-2-6-16-8-10/h2-8H,1H3,(H,17,18). The molecule has 2 aromatic rings. The average molecular weight is 319 g/mol. The average Bonchev–Trinajstić information content (AvgIpc) is 2.40. The number of halogens is 1. The molecular formula is C14H11BrN2O2. The summed E-state index contributed by atoms with van der Waals surface area (Å²) < 4.78 is 0.772. The van der Waals surface area contributed by atoms with E-state index in [4.69, 9.17) is 0 Å². The molecule has 0 unspecified atom stereocenters. The number of carbonyl (C=O) groups excluding carboxylic acids is 2. The summed E-state index contributed by atoms with van der Waals surface area (Å²) in [6.07, 6.45) is 3.10. The van der Waals surface area contributed by atoms with Crippen molar-refractivity contribution in [1.29, 1.82) is 0 Å². The minimum Gasteiger partial charge on any atom is -0.326 e. The van der Waals surface area contributed by atoms with Gasteiger partial charge in [-0.2, -0.15) is 0 Å². The lowest BCUT2D eigenvalue weighted by atomic mass is 10.0. The highest BCUT2D eigenvalue weighted by atomic mass is 79.9. The van der Waals surface area contributed by atoms with Crippen LogP contribution in [-0.2, 0) is 4.79 Å². The Hall–Kier alpha value is -2.01. The lowest BCUT2D eigenvalue weighted by molar-refractivity contribution is -0.114. The van der Waals surface area contributed by atoms with Crippen LogP contribution >= 0.6 is 15.9 Å². The normalized spacial score (nSPS) is 10.0. The maximum atomic E-state index is 12.4. The topological polar surface area (TPSA) is 59.1 Å². The second kappa shape index (κ2) is 5.75. The van der Waals surface area contributed by atoms with Crippen molar-refractivity contribution in [2.45, 2.75) is 6.92 Å². The predicted octanol–water partition coefficient (Wildman–Crippen LogP) is 3.03. The second-order valence-corrected chi connectivity index (χ2v) is 4.86. The Morgan fingerprint density at radius 2 is 2.05 bits per heavy atom. The van der Waals surface area contributed by atoms with E-state index in [-0.39, 0.29) is 11.7 Å². The Kier molecular flexibility index (Phi) is 4.06. The Morgan fingerprint density at radius 1 is 1.26 bits per heavy atom. The van der Waals surface area contributed by atoms with Crippen molar-refractivity contribution in [1.82, 2.24) is 4.98 Å².